The predicted molar refractivity (Wildman–Crippen MR) is 73.1 cm³/mol. The van der Waals surface area contributed by atoms with Gasteiger partial charge in [-0.1, -0.05) is 33.8 Å². The topological polar surface area (TPSA) is 55.1 Å². The number of hydrogen-bond acceptors (Lipinski definition) is 2. The first kappa shape index (κ1) is 14.0. The van der Waals surface area contributed by atoms with Crippen molar-refractivity contribution >= 4 is 5.91 Å². The molecule has 3 nitrogen and oxygen atoms in total. The molecule has 3 N–H and O–H groups in total. The van der Waals surface area contributed by atoms with E-state index in [1.807, 2.05) is 0 Å². The SMILES string of the molecule is CC1(C)C(NCc2ccc(C(N)=O)cc2F)C1(C)C. The molecule has 1 amide bonds. The van der Waals surface area contributed by atoms with Gasteiger partial charge in [0.2, 0.25) is 5.91 Å². The Balaban J connectivity index is 2.04. The first-order valence-electron chi connectivity index (χ1n) is 6.49. The summed E-state index contributed by atoms with van der Waals surface area (Å²) in [7, 11) is 0. The third kappa shape index (κ3) is 2.25. The Labute approximate surface area is 113 Å². The lowest BCUT2D eigenvalue weighted by atomic mass is 10.0. The Hall–Kier alpha value is -1.42. The Morgan fingerprint density at radius 2 is 1.89 bits per heavy atom. The Morgan fingerprint density at radius 1 is 1.32 bits per heavy atom. The second kappa shape index (κ2) is 4.30. The van der Waals surface area contributed by atoms with E-state index in [1.165, 1.54) is 6.07 Å². The number of benzene rings is 1. The van der Waals surface area contributed by atoms with Crippen LogP contribution in [0.4, 0.5) is 4.39 Å². The molecule has 1 aliphatic carbocycles. The summed E-state index contributed by atoms with van der Waals surface area (Å²) in [4.78, 5) is 11.0. The monoisotopic (exact) mass is 264 g/mol. The van der Waals surface area contributed by atoms with Crippen molar-refractivity contribution in [3.8, 4) is 0 Å². The Morgan fingerprint density at radius 3 is 2.32 bits per heavy atom. The average Bonchev–Trinajstić information content (AvgIpc) is 2.68. The number of halogens is 1. The zero-order valence-electron chi connectivity index (χ0n) is 11.9. The van der Waals surface area contributed by atoms with Gasteiger partial charge in [-0.3, -0.25) is 4.79 Å². The summed E-state index contributed by atoms with van der Waals surface area (Å²) in [5, 5.41) is 3.39. The fourth-order valence-corrected chi connectivity index (χ4v) is 2.76. The van der Waals surface area contributed by atoms with Crippen LogP contribution < -0.4 is 11.1 Å². The van der Waals surface area contributed by atoms with Crippen molar-refractivity contribution in [2.45, 2.75) is 40.3 Å². The Kier molecular flexibility index (Phi) is 3.17. The molecule has 0 heterocycles. The van der Waals surface area contributed by atoms with Gasteiger partial charge in [-0.25, -0.2) is 4.39 Å². The summed E-state index contributed by atoms with van der Waals surface area (Å²) < 4.78 is 13.8. The fourth-order valence-electron chi connectivity index (χ4n) is 2.76. The summed E-state index contributed by atoms with van der Waals surface area (Å²) in [5.41, 5.74) is 6.31. The molecule has 1 aromatic carbocycles. The zero-order valence-corrected chi connectivity index (χ0v) is 11.9. The van der Waals surface area contributed by atoms with Crippen molar-refractivity contribution in [1.29, 1.82) is 0 Å². The van der Waals surface area contributed by atoms with E-state index in [0.29, 0.717) is 18.2 Å². The number of amides is 1. The minimum Gasteiger partial charge on any atom is -0.366 e. The highest BCUT2D eigenvalue weighted by Crippen LogP contribution is 2.62. The van der Waals surface area contributed by atoms with Crippen LogP contribution in [0.15, 0.2) is 18.2 Å². The van der Waals surface area contributed by atoms with Gasteiger partial charge in [-0.2, -0.15) is 0 Å². The number of hydrogen-bond donors (Lipinski definition) is 2. The molecule has 0 saturated heterocycles. The van der Waals surface area contributed by atoms with Crippen molar-refractivity contribution in [1.82, 2.24) is 5.32 Å². The number of nitrogens with two attached hydrogens (primary N) is 1. The van der Waals surface area contributed by atoms with Crippen LogP contribution in [0.2, 0.25) is 0 Å². The van der Waals surface area contributed by atoms with Crippen molar-refractivity contribution in [3.63, 3.8) is 0 Å². The van der Waals surface area contributed by atoms with Crippen LogP contribution in [0.1, 0.15) is 43.6 Å². The molecular weight excluding hydrogens is 243 g/mol. The van der Waals surface area contributed by atoms with Crippen molar-refractivity contribution in [2.24, 2.45) is 16.6 Å². The normalized spacial score (nSPS) is 20.3. The minimum absolute atomic E-state index is 0.202. The van der Waals surface area contributed by atoms with Crippen molar-refractivity contribution < 1.29 is 9.18 Å². The van der Waals surface area contributed by atoms with Crippen LogP contribution >= 0.6 is 0 Å². The highest BCUT2D eigenvalue weighted by molar-refractivity contribution is 5.92. The van der Waals surface area contributed by atoms with Crippen LogP contribution in [-0.4, -0.2) is 11.9 Å². The maximum atomic E-state index is 13.8. The molecule has 0 aromatic heterocycles. The van der Waals surface area contributed by atoms with Crippen LogP contribution in [0.5, 0.6) is 0 Å². The van der Waals surface area contributed by atoms with Gasteiger partial charge in [0.05, 0.1) is 0 Å². The third-order valence-electron chi connectivity index (χ3n) is 4.85. The van der Waals surface area contributed by atoms with Crippen LogP contribution in [0.25, 0.3) is 0 Å². The summed E-state index contributed by atoms with van der Waals surface area (Å²) >= 11 is 0. The van der Waals surface area contributed by atoms with E-state index in [4.69, 9.17) is 5.73 Å². The van der Waals surface area contributed by atoms with E-state index in [1.54, 1.807) is 12.1 Å². The predicted octanol–water partition coefficient (Wildman–Crippen LogP) is 2.45. The second-order valence-electron chi connectivity index (χ2n) is 6.43. The summed E-state index contributed by atoms with van der Waals surface area (Å²) in [6.07, 6.45) is 0. The summed E-state index contributed by atoms with van der Waals surface area (Å²) in [5.74, 6) is -0.997. The molecule has 2 rings (SSSR count). The number of rotatable bonds is 4. The van der Waals surface area contributed by atoms with E-state index in [2.05, 4.69) is 33.0 Å². The van der Waals surface area contributed by atoms with Gasteiger partial charge in [-0.05, 0) is 23.0 Å². The zero-order chi connectivity index (χ0) is 14.4. The number of carbonyl (C=O) groups excluding carboxylic acids is 1. The standard InChI is InChI=1S/C15H21FN2O/c1-14(2)13(15(14,3)4)18-8-10-6-5-9(12(17)19)7-11(10)16/h5-7,13,18H,8H2,1-4H3,(H2,17,19). The number of primary amides is 1. The highest BCUT2D eigenvalue weighted by Gasteiger charge is 2.64. The lowest BCUT2D eigenvalue weighted by molar-refractivity contribution is 0.1000. The van der Waals surface area contributed by atoms with Crippen LogP contribution in [0.3, 0.4) is 0 Å². The van der Waals surface area contributed by atoms with E-state index < -0.39 is 5.91 Å². The molecule has 1 aliphatic rings. The van der Waals surface area contributed by atoms with Crippen molar-refractivity contribution in [2.75, 3.05) is 0 Å². The van der Waals surface area contributed by atoms with Gasteiger partial charge in [0, 0.05) is 23.7 Å². The molecule has 0 unspecified atom stereocenters. The van der Waals surface area contributed by atoms with Crippen LogP contribution in [0, 0.1) is 16.6 Å². The van der Waals surface area contributed by atoms with Gasteiger partial charge in [0.25, 0.3) is 0 Å². The van der Waals surface area contributed by atoms with E-state index >= 15 is 0 Å². The molecule has 0 bridgehead atoms. The summed E-state index contributed by atoms with van der Waals surface area (Å²) in [6, 6.07) is 4.74. The average molecular weight is 264 g/mol. The lowest BCUT2D eigenvalue weighted by Crippen LogP contribution is -2.22. The first-order chi connectivity index (χ1) is 8.68. The molecule has 0 radical (unpaired) electrons. The largest absolute Gasteiger partial charge is 0.366 e. The van der Waals surface area contributed by atoms with Gasteiger partial charge < -0.3 is 11.1 Å². The van der Waals surface area contributed by atoms with E-state index in [9.17, 15) is 9.18 Å². The second-order valence-corrected chi connectivity index (χ2v) is 6.43. The Bertz CT molecular complexity index is 509. The third-order valence-corrected chi connectivity index (χ3v) is 4.85. The molecule has 1 saturated carbocycles. The molecule has 0 aliphatic heterocycles. The maximum absolute atomic E-state index is 13.8. The van der Waals surface area contributed by atoms with Gasteiger partial charge in [0.15, 0.2) is 0 Å². The first-order valence-corrected chi connectivity index (χ1v) is 6.49. The maximum Gasteiger partial charge on any atom is 0.248 e. The van der Waals surface area contributed by atoms with Crippen molar-refractivity contribution in [3.05, 3.63) is 35.1 Å². The molecule has 0 spiro atoms. The lowest BCUT2D eigenvalue weighted by Gasteiger charge is -2.08. The molecule has 0 atom stereocenters. The number of nitrogens with one attached hydrogen (secondary N) is 1. The molecular formula is C15H21FN2O. The van der Waals surface area contributed by atoms with E-state index in [-0.39, 0.29) is 22.2 Å². The summed E-state index contributed by atoms with van der Waals surface area (Å²) in [6.45, 7) is 9.28. The van der Waals surface area contributed by atoms with Gasteiger partial charge in [0.1, 0.15) is 5.82 Å². The molecule has 1 aromatic rings. The molecule has 19 heavy (non-hydrogen) atoms. The molecule has 4 heteroatoms. The van der Waals surface area contributed by atoms with Gasteiger partial charge in [-0.15, -0.1) is 0 Å². The van der Waals surface area contributed by atoms with Crippen LogP contribution in [-0.2, 0) is 6.54 Å². The minimum atomic E-state index is -0.608. The fraction of sp³-hybridized carbons (Fsp3) is 0.533. The van der Waals surface area contributed by atoms with Gasteiger partial charge >= 0.3 is 0 Å². The smallest absolute Gasteiger partial charge is 0.248 e. The quantitative estimate of drug-likeness (QED) is 0.877. The molecule has 104 valence electrons. The molecule has 1 fully saturated rings. The van der Waals surface area contributed by atoms with E-state index in [0.717, 1.165) is 0 Å². The number of carbonyl (C=O) groups is 1. The highest BCUT2D eigenvalue weighted by atomic mass is 19.1.